The zero-order valence-electron chi connectivity index (χ0n) is 27.0. The molecule has 8 atom stereocenters. The molecule has 7 aliphatic rings. The second-order valence-electron chi connectivity index (χ2n) is 14.8. The first-order valence-electron chi connectivity index (χ1n) is 18.0. The SMILES string of the molecule is CN1CCN(CCCNC2CCC3C(=O)C(C(=O)NCCN4CCOCC4)=CN4C5CC6CCCCC6CC5OC2C34)CC1. The Morgan fingerprint density at radius 1 is 0.909 bits per heavy atom. The van der Waals surface area contributed by atoms with E-state index in [1.807, 2.05) is 6.20 Å². The fourth-order valence-electron chi connectivity index (χ4n) is 9.60. The summed E-state index contributed by atoms with van der Waals surface area (Å²) in [7, 11) is 2.21. The fraction of sp³-hybridized carbons (Fsp3) is 0.882. The number of hydrogen-bond donors (Lipinski definition) is 2. The summed E-state index contributed by atoms with van der Waals surface area (Å²) in [6, 6.07) is 0.539. The van der Waals surface area contributed by atoms with Crippen molar-refractivity contribution in [3.8, 4) is 0 Å². The molecule has 6 fully saturated rings. The number of morpholine rings is 2. The maximum atomic E-state index is 14.0. The fourth-order valence-corrected chi connectivity index (χ4v) is 9.60. The van der Waals surface area contributed by atoms with Crippen molar-refractivity contribution in [2.24, 2.45) is 17.8 Å². The Labute approximate surface area is 264 Å². The Balaban J connectivity index is 1.04. The first kappa shape index (κ1) is 31.1. The van der Waals surface area contributed by atoms with Crippen molar-refractivity contribution in [2.45, 2.75) is 88.1 Å². The highest BCUT2D eigenvalue weighted by molar-refractivity contribution is 6.20. The number of Topliss-reactive ketones (excluding diaryl/α,β-unsaturated/α-hetero) is 1. The van der Waals surface area contributed by atoms with E-state index < -0.39 is 0 Å². The highest BCUT2D eigenvalue weighted by Gasteiger charge is 2.57. The number of amides is 1. The Bertz CT molecular complexity index is 1040. The minimum absolute atomic E-state index is 0.00934. The maximum absolute atomic E-state index is 14.0. The van der Waals surface area contributed by atoms with E-state index in [4.69, 9.17) is 9.47 Å². The molecule has 8 unspecified atom stereocenters. The van der Waals surface area contributed by atoms with Crippen molar-refractivity contribution >= 4 is 11.7 Å². The number of rotatable bonds is 9. The Hall–Kier alpha value is -1.56. The van der Waals surface area contributed by atoms with Gasteiger partial charge in [-0.15, -0.1) is 0 Å². The zero-order chi connectivity index (χ0) is 30.0. The van der Waals surface area contributed by atoms with Crippen LogP contribution in [-0.2, 0) is 19.1 Å². The molecular formula is C34H56N6O4. The number of ether oxygens (including phenoxy) is 2. The van der Waals surface area contributed by atoms with Crippen LogP contribution in [0.2, 0.25) is 0 Å². The van der Waals surface area contributed by atoms with Gasteiger partial charge in [-0.3, -0.25) is 14.5 Å². The van der Waals surface area contributed by atoms with Crippen molar-refractivity contribution < 1.29 is 19.1 Å². The molecule has 0 aromatic rings. The Kier molecular flexibility index (Phi) is 9.92. The van der Waals surface area contributed by atoms with Gasteiger partial charge in [0.15, 0.2) is 5.78 Å². The summed E-state index contributed by atoms with van der Waals surface area (Å²) in [5, 5.41) is 7.01. The maximum Gasteiger partial charge on any atom is 0.256 e. The number of carbonyl (C=O) groups is 2. The monoisotopic (exact) mass is 612 g/mol. The van der Waals surface area contributed by atoms with Gasteiger partial charge in [-0.25, -0.2) is 0 Å². The largest absolute Gasteiger partial charge is 0.379 e. The second-order valence-corrected chi connectivity index (χ2v) is 14.8. The van der Waals surface area contributed by atoms with Crippen LogP contribution in [0.3, 0.4) is 0 Å². The van der Waals surface area contributed by atoms with Crippen molar-refractivity contribution in [1.29, 1.82) is 0 Å². The average Bonchev–Trinajstić information content (AvgIpc) is 3.05. The third-order valence-electron chi connectivity index (χ3n) is 12.2. The van der Waals surface area contributed by atoms with Gasteiger partial charge in [-0.2, -0.15) is 0 Å². The van der Waals surface area contributed by atoms with Crippen LogP contribution in [0, 0.1) is 17.8 Å². The van der Waals surface area contributed by atoms with Crippen LogP contribution < -0.4 is 10.6 Å². The summed E-state index contributed by atoms with van der Waals surface area (Å²) < 4.78 is 12.6. The van der Waals surface area contributed by atoms with Gasteiger partial charge >= 0.3 is 0 Å². The van der Waals surface area contributed by atoms with Crippen LogP contribution in [0.5, 0.6) is 0 Å². The molecule has 1 amide bonds. The molecule has 10 nitrogen and oxygen atoms in total. The molecule has 7 rings (SSSR count). The number of ketones is 1. The lowest BCUT2D eigenvalue weighted by Gasteiger charge is -2.60. The Morgan fingerprint density at radius 2 is 1.66 bits per heavy atom. The predicted molar refractivity (Wildman–Crippen MR) is 169 cm³/mol. The number of carbonyl (C=O) groups excluding carboxylic acids is 2. The first-order chi connectivity index (χ1) is 21.5. The van der Waals surface area contributed by atoms with Crippen molar-refractivity contribution in [2.75, 3.05) is 85.7 Å². The number of hydrogen-bond acceptors (Lipinski definition) is 9. The molecule has 10 heteroatoms. The highest BCUT2D eigenvalue weighted by atomic mass is 16.5. The summed E-state index contributed by atoms with van der Waals surface area (Å²) in [4.78, 5) is 37.3. The van der Waals surface area contributed by atoms with E-state index in [1.54, 1.807) is 0 Å². The van der Waals surface area contributed by atoms with E-state index in [1.165, 1.54) is 25.7 Å². The molecular weight excluding hydrogens is 556 g/mol. The molecule has 0 radical (unpaired) electrons. The molecule has 3 aliphatic carbocycles. The van der Waals surface area contributed by atoms with E-state index in [2.05, 4.69) is 37.3 Å². The lowest BCUT2D eigenvalue weighted by atomic mass is 9.65. The number of likely N-dealkylation sites (N-methyl/N-ethyl adjacent to an activating group) is 1. The minimum Gasteiger partial charge on any atom is -0.379 e. The summed E-state index contributed by atoms with van der Waals surface area (Å²) in [5.41, 5.74) is 0.372. The van der Waals surface area contributed by atoms with E-state index in [-0.39, 0.29) is 47.9 Å². The van der Waals surface area contributed by atoms with Crippen LogP contribution >= 0.6 is 0 Å². The predicted octanol–water partition coefficient (Wildman–Crippen LogP) is 1.31. The van der Waals surface area contributed by atoms with Gasteiger partial charge in [0, 0.05) is 70.5 Å². The smallest absolute Gasteiger partial charge is 0.256 e. The van der Waals surface area contributed by atoms with Crippen LogP contribution in [0.4, 0.5) is 0 Å². The van der Waals surface area contributed by atoms with E-state index in [9.17, 15) is 9.59 Å². The molecule has 44 heavy (non-hydrogen) atoms. The van der Waals surface area contributed by atoms with Crippen molar-refractivity contribution in [1.82, 2.24) is 30.2 Å². The van der Waals surface area contributed by atoms with Crippen molar-refractivity contribution in [3.05, 3.63) is 11.8 Å². The normalized spacial score (nSPS) is 38.3. The van der Waals surface area contributed by atoms with Gasteiger partial charge < -0.3 is 34.8 Å². The quantitative estimate of drug-likeness (QED) is 0.296. The summed E-state index contributed by atoms with van der Waals surface area (Å²) >= 11 is 0. The van der Waals surface area contributed by atoms with Crippen LogP contribution in [0.25, 0.3) is 0 Å². The zero-order valence-corrected chi connectivity index (χ0v) is 27.0. The molecule has 2 N–H and O–H groups in total. The number of fused-ring (bicyclic) bond motifs is 3. The Morgan fingerprint density at radius 3 is 2.45 bits per heavy atom. The van der Waals surface area contributed by atoms with Gasteiger partial charge in [0.2, 0.25) is 0 Å². The third kappa shape index (κ3) is 6.63. The van der Waals surface area contributed by atoms with Gasteiger partial charge in [0.25, 0.3) is 5.91 Å². The lowest BCUT2D eigenvalue weighted by molar-refractivity contribution is -0.200. The average molecular weight is 613 g/mol. The van der Waals surface area contributed by atoms with E-state index in [0.717, 1.165) is 116 Å². The summed E-state index contributed by atoms with van der Waals surface area (Å²) in [6.07, 6.45) is 12.6. The molecule has 0 spiro atoms. The molecule has 3 saturated heterocycles. The number of nitrogens with one attached hydrogen (secondary N) is 2. The number of nitrogens with zero attached hydrogens (tertiary/aromatic N) is 4. The molecule has 3 saturated carbocycles. The lowest BCUT2D eigenvalue weighted by Crippen LogP contribution is -2.71. The summed E-state index contributed by atoms with van der Waals surface area (Å²) in [5.74, 6) is 1.17. The molecule has 0 aromatic heterocycles. The van der Waals surface area contributed by atoms with Gasteiger partial charge in [-0.1, -0.05) is 25.7 Å². The number of piperazine rings is 1. The minimum atomic E-state index is -0.197. The third-order valence-corrected chi connectivity index (χ3v) is 12.2. The standard InChI is InChI=1S/C34H56N6O4/c1-37-13-15-38(16-14-37)11-4-9-35-28-8-7-26-31-33(28)44-30-22-25-6-3-2-5-24(25)21-29(30)40(31)23-27(32(26)41)34(42)36-10-12-39-17-19-43-20-18-39/h23-26,28-31,33,35H,2-22H2,1H3,(H,36,42). The summed E-state index contributed by atoms with van der Waals surface area (Å²) in [6.45, 7) is 11.4. The molecule has 0 bridgehead atoms. The van der Waals surface area contributed by atoms with Crippen molar-refractivity contribution in [3.63, 3.8) is 0 Å². The molecule has 0 aromatic carbocycles. The molecule has 246 valence electrons. The molecule has 4 aliphatic heterocycles. The highest BCUT2D eigenvalue weighted by Crippen LogP contribution is 2.49. The van der Waals surface area contributed by atoms with Crippen LogP contribution in [-0.4, -0.2) is 147 Å². The van der Waals surface area contributed by atoms with E-state index >= 15 is 0 Å². The topological polar surface area (TPSA) is 89.6 Å². The first-order valence-corrected chi connectivity index (χ1v) is 18.0. The van der Waals surface area contributed by atoms with Gasteiger partial charge in [0.05, 0.1) is 43.1 Å². The van der Waals surface area contributed by atoms with Crippen LogP contribution in [0.1, 0.15) is 57.8 Å². The molecule has 4 heterocycles. The van der Waals surface area contributed by atoms with Gasteiger partial charge in [-0.05, 0) is 64.1 Å². The van der Waals surface area contributed by atoms with Crippen LogP contribution in [0.15, 0.2) is 11.8 Å². The van der Waals surface area contributed by atoms with Gasteiger partial charge in [0.1, 0.15) is 0 Å². The van der Waals surface area contributed by atoms with E-state index in [0.29, 0.717) is 12.1 Å². The second kappa shape index (κ2) is 14.1.